The van der Waals surface area contributed by atoms with Crippen molar-refractivity contribution in [3.63, 3.8) is 0 Å². The second-order valence-electron chi connectivity index (χ2n) is 8.21. The van der Waals surface area contributed by atoms with Gasteiger partial charge in [0.05, 0.1) is 11.5 Å². The molecule has 1 atom stereocenters. The van der Waals surface area contributed by atoms with Crippen LogP contribution in [-0.2, 0) is 11.3 Å². The zero-order valence-electron chi connectivity index (χ0n) is 16.5. The molecule has 7 nitrogen and oxygen atoms in total. The number of amides is 1. The smallest absolute Gasteiger partial charge is 0.312 e. The second-order valence-corrected chi connectivity index (χ2v) is 8.21. The van der Waals surface area contributed by atoms with E-state index in [4.69, 9.17) is 0 Å². The molecule has 7 heteroatoms. The van der Waals surface area contributed by atoms with E-state index in [2.05, 4.69) is 45.0 Å². The molecule has 0 radical (unpaired) electrons. The van der Waals surface area contributed by atoms with Crippen LogP contribution in [0.5, 0.6) is 0 Å². The molecule has 1 aromatic rings. The molecule has 0 bridgehead atoms. The Morgan fingerprint density at radius 3 is 2.32 bits per heavy atom. The van der Waals surface area contributed by atoms with Crippen LogP contribution in [0.2, 0.25) is 0 Å². The first-order valence-electron chi connectivity index (χ1n) is 8.91. The number of aryl methyl sites for hydroxylation is 2. The molecular formula is C18H32N4O3. The van der Waals surface area contributed by atoms with Crippen LogP contribution in [0.3, 0.4) is 0 Å². The maximum atomic E-state index is 12.4. The number of hydrogen-bond acceptors (Lipinski definition) is 4. The van der Waals surface area contributed by atoms with Crippen molar-refractivity contribution in [1.29, 1.82) is 0 Å². The molecule has 1 N–H and O–H groups in total. The Hall–Kier alpha value is -1.92. The Balaban J connectivity index is 2.69. The monoisotopic (exact) mass is 352 g/mol. The summed E-state index contributed by atoms with van der Waals surface area (Å²) in [6.45, 7) is 14.4. The van der Waals surface area contributed by atoms with E-state index in [1.807, 2.05) is 0 Å². The number of nitro groups is 1. The topological polar surface area (TPSA) is 90.1 Å². The molecule has 0 saturated heterocycles. The van der Waals surface area contributed by atoms with Gasteiger partial charge >= 0.3 is 5.69 Å². The van der Waals surface area contributed by atoms with E-state index in [9.17, 15) is 14.9 Å². The molecule has 1 amide bonds. The summed E-state index contributed by atoms with van der Waals surface area (Å²) >= 11 is 0. The third-order valence-electron chi connectivity index (χ3n) is 4.49. The first kappa shape index (κ1) is 21.1. The zero-order valence-corrected chi connectivity index (χ0v) is 16.5. The van der Waals surface area contributed by atoms with Crippen LogP contribution < -0.4 is 5.32 Å². The predicted octanol–water partition coefficient (Wildman–Crippen LogP) is 3.77. The summed E-state index contributed by atoms with van der Waals surface area (Å²) in [6, 6.07) is 0.109. The average Bonchev–Trinajstić information content (AvgIpc) is 2.74. The Morgan fingerprint density at radius 1 is 1.28 bits per heavy atom. The third kappa shape index (κ3) is 6.14. The van der Waals surface area contributed by atoms with Crippen LogP contribution in [0.4, 0.5) is 5.69 Å². The standard InChI is InChI=1S/C18H32N4O3/c1-12(2)8-9-15(18(5,6)7)19-16(23)10-11-21-14(4)17(22(24)25)13(3)20-21/h12,15H,8-11H2,1-7H3,(H,19,23). The van der Waals surface area contributed by atoms with Gasteiger partial charge < -0.3 is 5.32 Å². The zero-order chi connectivity index (χ0) is 19.4. The summed E-state index contributed by atoms with van der Waals surface area (Å²) < 4.78 is 1.55. The van der Waals surface area contributed by atoms with Gasteiger partial charge in [-0.25, -0.2) is 0 Å². The van der Waals surface area contributed by atoms with E-state index in [1.54, 1.807) is 18.5 Å². The van der Waals surface area contributed by atoms with E-state index < -0.39 is 4.92 Å². The van der Waals surface area contributed by atoms with Gasteiger partial charge in [0.15, 0.2) is 0 Å². The largest absolute Gasteiger partial charge is 0.353 e. The van der Waals surface area contributed by atoms with Crippen LogP contribution in [0.15, 0.2) is 0 Å². The van der Waals surface area contributed by atoms with Crippen molar-refractivity contribution in [3.8, 4) is 0 Å². The molecule has 0 saturated carbocycles. The second kappa shape index (κ2) is 8.45. The molecule has 0 aliphatic rings. The summed E-state index contributed by atoms with van der Waals surface area (Å²) in [5, 5.41) is 18.4. The lowest BCUT2D eigenvalue weighted by atomic mass is 9.82. The highest BCUT2D eigenvalue weighted by molar-refractivity contribution is 5.76. The third-order valence-corrected chi connectivity index (χ3v) is 4.49. The summed E-state index contributed by atoms with van der Waals surface area (Å²) in [5.41, 5.74) is 0.890. The van der Waals surface area contributed by atoms with Crippen LogP contribution in [0.1, 0.15) is 65.3 Å². The van der Waals surface area contributed by atoms with Gasteiger partial charge in [-0.3, -0.25) is 19.6 Å². The van der Waals surface area contributed by atoms with Gasteiger partial charge in [0, 0.05) is 12.5 Å². The number of rotatable bonds is 8. The minimum Gasteiger partial charge on any atom is -0.353 e. The van der Waals surface area contributed by atoms with Crippen molar-refractivity contribution < 1.29 is 9.72 Å². The van der Waals surface area contributed by atoms with Gasteiger partial charge in [0.25, 0.3) is 0 Å². The molecule has 25 heavy (non-hydrogen) atoms. The lowest BCUT2D eigenvalue weighted by Gasteiger charge is -2.32. The predicted molar refractivity (Wildman–Crippen MR) is 98.4 cm³/mol. The quantitative estimate of drug-likeness (QED) is 0.569. The van der Waals surface area contributed by atoms with Gasteiger partial charge in [-0.05, 0) is 38.0 Å². The minimum absolute atomic E-state index is 0.0124. The Bertz CT molecular complexity index is 615. The number of aromatic nitrogens is 2. The Labute approximate surface area is 150 Å². The average molecular weight is 352 g/mol. The summed E-state index contributed by atoms with van der Waals surface area (Å²) in [5.74, 6) is 0.552. The van der Waals surface area contributed by atoms with Crippen molar-refractivity contribution in [2.24, 2.45) is 11.3 Å². The molecular weight excluding hydrogens is 320 g/mol. The summed E-state index contributed by atoms with van der Waals surface area (Å²) in [7, 11) is 0. The lowest BCUT2D eigenvalue weighted by molar-refractivity contribution is -0.386. The first-order valence-corrected chi connectivity index (χ1v) is 8.91. The Morgan fingerprint density at radius 2 is 1.88 bits per heavy atom. The number of hydrogen-bond donors (Lipinski definition) is 1. The maximum Gasteiger partial charge on any atom is 0.312 e. The summed E-state index contributed by atoms with van der Waals surface area (Å²) in [6.07, 6.45) is 2.26. The molecule has 0 spiro atoms. The molecule has 142 valence electrons. The van der Waals surface area contributed by atoms with Crippen molar-refractivity contribution >= 4 is 11.6 Å². The first-order chi connectivity index (χ1) is 11.4. The van der Waals surface area contributed by atoms with Gasteiger partial charge in [-0.15, -0.1) is 0 Å². The molecule has 1 aromatic heterocycles. The molecule has 0 aromatic carbocycles. The number of nitrogens with zero attached hydrogens (tertiary/aromatic N) is 3. The van der Waals surface area contributed by atoms with E-state index in [1.165, 1.54) is 0 Å². The number of carbonyl (C=O) groups excluding carboxylic acids is 1. The van der Waals surface area contributed by atoms with Gasteiger partial charge in [0.2, 0.25) is 5.91 Å². The molecule has 0 aliphatic heterocycles. The molecule has 1 unspecified atom stereocenters. The molecule has 0 aliphatic carbocycles. The van der Waals surface area contributed by atoms with Crippen molar-refractivity contribution in [1.82, 2.24) is 15.1 Å². The summed E-state index contributed by atoms with van der Waals surface area (Å²) in [4.78, 5) is 23.0. The van der Waals surface area contributed by atoms with Crippen molar-refractivity contribution in [3.05, 3.63) is 21.5 Å². The number of nitrogens with one attached hydrogen (secondary N) is 1. The normalized spacial score (nSPS) is 13.1. The SMILES string of the molecule is Cc1nn(CCC(=O)NC(CCC(C)C)C(C)(C)C)c(C)c1[N+](=O)[O-]. The lowest BCUT2D eigenvalue weighted by Crippen LogP contribution is -2.44. The number of carbonyl (C=O) groups is 1. The Kier molecular flexibility index (Phi) is 7.14. The van der Waals surface area contributed by atoms with E-state index in [0.717, 1.165) is 12.8 Å². The fourth-order valence-corrected chi connectivity index (χ4v) is 2.87. The van der Waals surface area contributed by atoms with Crippen LogP contribution in [-0.4, -0.2) is 26.7 Å². The molecule has 1 heterocycles. The van der Waals surface area contributed by atoms with Crippen molar-refractivity contribution in [2.45, 2.75) is 80.3 Å². The molecule has 0 fully saturated rings. The van der Waals surface area contributed by atoms with Crippen LogP contribution in [0.25, 0.3) is 0 Å². The fraction of sp³-hybridized carbons (Fsp3) is 0.778. The van der Waals surface area contributed by atoms with E-state index >= 15 is 0 Å². The van der Waals surface area contributed by atoms with E-state index in [-0.39, 0.29) is 29.5 Å². The highest BCUT2D eigenvalue weighted by atomic mass is 16.6. The van der Waals surface area contributed by atoms with E-state index in [0.29, 0.717) is 23.9 Å². The minimum atomic E-state index is -0.421. The van der Waals surface area contributed by atoms with Gasteiger partial charge in [-0.2, -0.15) is 5.10 Å². The molecule has 1 rings (SSSR count). The van der Waals surface area contributed by atoms with Crippen LogP contribution in [0, 0.1) is 35.3 Å². The van der Waals surface area contributed by atoms with Crippen molar-refractivity contribution in [2.75, 3.05) is 0 Å². The van der Waals surface area contributed by atoms with Crippen LogP contribution >= 0.6 is 0 Å². The highest BCUT2D eigenvalue weighted by Crippen LogP contribution is 2.25. The highest BCUT2D eigenvalue weighted by Gasteiger charge is 2.26. The van der Waals surface area contributed by atoms with Gasteiger partial charge in [0.1, 0.15) is 11.4 Å². The van der Waals surface area contributed by atoms with Gasteiger partial charge in [-0.1, -0.05) is 34.6 Å². The maximum absolute atomic E-state index is 12.4. The fourth-order valence-electron chi connectivity index (χ4n) is 2.87.